The highest BCUT2D eigenvalue weighted by molar-refractivity contribution is 7.08. The van der Waals surface area contributed by atoms with E-state index in [9.17, 15) is 0 Å². The molecule has 0 saturated heterocycles. The van der Waals surface area contributed by atoms with Gasteiger partial charge in [-0.15, -0.1) is 0 Å². The summed E-state index contributed by atoms with van der Waals surface area (Å²) in [5, 5.41) is 7.48. The van der Waals surface area contributed by atoms with Gasteiger partial charge in [-0.05, 0) is 72.3 Å². The van der Waals surface area contributed by atoms with Crippen molar-refractivity contribution < 1.29 is 0 Å². The lowest BCUT2D eigenvalue weighted by Gasteiger charge is -2.15. The molecule has 37 heavy (non-hydrogen) atoms. The number of nitrogens with one attached hydrogen (secondary N) is 2. The topological polar surface area (TPSA) is 56.8 Å². The molecule has 0 aliphatic rings. The number of imidazole rings is 1. The van der Waals surface area contributed by atoms with Crippen molar-refractivity contribution in [3.8, 4) is 11.1 Å². The van der Waals surface area contributed by atoms with Crippen LogP contribution >= 0.6 is 11.3 Å². The third-order valence-electron chi connectivity index (χ3n) is 5.87. The van der Waals surface area contributed by atoms with Gasteiger partial charge < -0.3 is 15.2 Å². The first-order valence-corrected chi connectivity index (χ1v) is 13.4. The minimum atomic E-state index is 0.732. The van der Waals surface area contributed by atoms with Crippen LogP contribution < -0.4 is 5.32 Å². The molecular formula is C31H37N5S. The van der Waals surface area contributed by atoms with Crippen molar-refractivity contribution in [1.29, 1.82) is 0 Å². The number of fused-ring (bicyclic) bond motifs is 1. The number of hydrogen-bond acceptors (Lipinski definition) is 5. The Morgan fingerprint density at radius 2 is 1.97 bits per heavy atom. The predicted octanol–water partition coefficient (Wildman–Crippen LogP) is 7.89. The number of aromatic nitrogens is 3. The van der Waals surface area contributed by atoms with Gasteiger partial charge in [0.25, 0.3) is 0 Å². The van der Waals surface area contributed by atoms with Gasteiger partial charge in [0.15, 0.2) is 0 Å². The molecule has 0 saturated carbocycles. The molecule has 5 nitrogen and oxygen atoms in total. The average molecular weight is 512 g/mol. The molecule has 0 aliphatic heterocycles. The molecule has 4 rings (SSSR count). The zero-order chi connectivity index (χ0) is 26.9. The van der Waals surface area contributed by atoms with E-state index in [0.717, 1.165) is 68.1 Å². The average Bonchev–Trinajstić information content (AvgIpc) is 3.61. The number of nitrogens with zero attached hydrogens (tertiary/aromatic N) is 3. The van der Waals surface area contributed by atoms with Gasteiger partial charge in [-0.1, -0.05) is 51.3 Å². The van der Waals surface area contributed by atoms with Gasteiger partial charge in [0, 0.05) is 42.2 Å². The van der Waals surface area contributed by atoms with Crippen LogP contribution in [0.5, 0.6) is 0 Å². The second kappa shape index (κ2) is 13.0. The minimum Gasteiger partial charge on any atom is -0.388 e. The quantitative estimate of drug-likeness (QED) is 0.224. The Hall–Kier alpha value is -3.74. The number of rotatable bonds is 9. The number of likely N-dealkylation sites (N-methyl/N-ethyl adjacent to an activating group) is 1. The first kappa shape index (κ1) is 27.8. The summed E-state index contributed by atoms with van der Waals surface area (Å²) in [7, 11) is 6.04. The Bertz CT molecular complexity index is 1420. The summed E-state index contributed by atoms with van der Waals surface area (Å²) < 4.78 is 0. The third kappa shape index (κ3) is 6.34. The maximum Gasteiger partial charge on any atom is 0.138 e. The maximum absolute atomic E-state index is 4.95. The van der Waals surface area contributed by atoms with Crippen LogP contribution in [-0.2, 0) is 0 Å². The Balaban J connectivity index is 0.00000186. The van der Waals surface area contributed by atoms with Gasteiger partial charge in [0.05, 0.1) is 17.2 Å². The smallest absolute Gasteiger partial charge is 0.138 e. The summed E-state index contributed by atoms with van der Waals surface area (Å²) in [6.45, 7) is 15.3. The van der Waals surface area contributed by atoms with Gasteiger partial charge in [0.2, 0.25) is 0 Å². The van der Waals surface area contributed by atoms with Gasteiger partial charge in [-0.3, -0.25) is 4.98 Å². The van der Waals surface area contributed by atoms with Crippen LogP contribution in [0.3, 0.4) is 0 Å². The van der Waals surface area contributed by atoms with Crippen LogP contribution in [0.15, 0.2) is 84.4 Å². The van der Waals surface area contributed by atoms with E-state index in [1.54, 1.807) is 11.3 Å². The Labute approximate surface area is 225 Å². The molecule has 0 spiro atoms. The van der Waals surface area contributed by atoms with Crippen LogP contribution in [0, 0.1) is 0 Å². The molecule has 6 heteroatoms. The van der Waals surface area contributed by atoms with Crippen molar-refractivity contribution in [2.75, 3.05) is 33.0 Å². The minimum absolute atomic E-state index is 0.732. The predicted molar refractivity (Wildman–Crippen MR) is 163 cm³/mol. The second-order valence-corrected chi connectivity index (χ2v) is 9.35. The highest BCUT2D eigenvalue weighted by Gasteiger charge is 2.16. The van der Waals surface area contributed by atoms with Crippen molar-refractivity contribution in [3.63, 3.8) is 0 Å². The maximum atomic E-state index is 4.95. The van der Waals surface area contributed by atoms with E-state index in [1.807, 2.05) is 39.4 Å². The molecule has 0 bridgehead atoms. The summed E-state index contributed by atoms with van der Waals surface area (Å²) in [6, 6.07) is 8.48. The number of aromatic amines is 1. The monoisotopic (exact) mass is 511 g/mol. The van der Waals surface area contributed by atoms with Crippen molar-refractivity contribution in [2.45, 2.75) is 20.8 Å². The molecule has 2 N–H and O–H groups in total. The number of thiophene rings is 1. The van der Waals surface area contributed by atoms with Crippen molar-refractivity contribution in [2.24, 2.45) is 0 Å². The fraction of sp³-hybridized carbons (Fsp3) is 0.226. The van der Waals surface area contributed by atoms with Crippen molar-refractivity contribution in [1.82, 2.24) is 19.9 Å². The Morgan fingerprint density at radius 1 is 1.19 bits per heavy atom. The number of pyridine rings is 1. The van der Waals surface area contributed by atoms with E-state index in [2.05, 4.69) is 102 Å². The zero-order valence-corrected chi connectivity index (χ0v) is 23.5. The lowest BCUT2D eigenvalue weighted by atomic mass is 9.96. The van der Waals surface area contributed by atoms with E-state index in [1.165, 1.54) is 0 Å². The van der Waals surface area contributed by atoms with Gasteiger partial charge in [-0.25, -0.2) is 4.98 Å². The molecule has 3 heterocycles. The summed E-state index contributed by atoms with van der Waals surface area (Å²) in [6.07, 6.45) is 9.91. The van der Waals surface area contributed by atoms with Crippen LogP contribution in [0.1, 0.15) is 37.7 Å². The summed E-state index contributed by atoms with van der Waals surface area (Å²) in [5.41, 5.74) is 10.1. The number of H-pyrrole nitrogens is 1. The second-order valence-electron chi connectivity index (χ2n) is 8.57. The van der Waals surface area contributed by atoms with E-state index in [-0.39, 0.29) is 0 Å². The summed E-state index contributed by atoms with van der Waals surface area (Å²) in [4.78, 5) is 14.9. The molecule has 0 fully saturated rings. The first-order chi connectivity index (χ1) is 17.9. The van der Waals surface area contributed by atoms with E-state index >= 15 is 0 Å². The number of hydrogen-bond donors (Lipinski definition) is 2. The van der Waals surface area contributed by atoms with Crippen LogP contribution in [0.2, 0.25) is 0 Å². The van der Waals surface area contributed by atoms with Gasteiger partial charge >= 0.3 is 0 Å². The lowest BCUT2D eigenvalue weighted by Crippen LogP contribution is -2.14. The van der Waals surface area contributed by atoms with Crippen LogP contribution in [-0.4, -0.2) is 47.5 Å². The molecule has 192 valence electrons. The van der Waals surface area contributed by atoms with Gasteiger partial charge in [-0.2, -0.15) is 11.3 Å². The SMILES string of the molecule is C=C/C(=C\C(=C/C)c1ccc(NC)c(C(=C)c2nc3c(-c4ccsc4)cncc3[nH]2)c1)CN(C)C.CC. The highest BCUT2D eigenvalue weighted by Crippen LogP contribution is 2.33. The van der Waals surface area contributed by atoms with Crippen molar-refractivity contribution >= 4 is 39.2 Å². The molecule has 0 amide bonds. The fourth-order valence-electron chi connectivity index (χ4n) is 4.09. The fourth-order valence-corrected chi connectivity index (χ4v) is 4.75. The standard InChI is InChI=1S/C29H31N5S.C2H6/c1-7-20(17-34(5)6)13-21(8-2)22-9-10-26(30-4)24(14-22)19(3)29-32-27-16-31-15-25(28(27)33-29)23-11-12-35-18-23;1-2/h7-16,18,30H,1,3,17H2,2,4-6H3,(H,32,33);1-2H3/b20-13+,21-8+;. The molecule has 0 atom stereocenters. The molecule has 4 aromatic rings. The number of anilines is 1. The van der Waals surface area contributed by atoms with Crippen molar-refractivity contribution in [3.05, 3.63) is 101 Å². The number of benzene rings is 1. The summed E-state index contributed by atoms with van der Waals surface area (Å²) in [5.74, 6) is 0.732. The molecule has 3 aromatic heterocycles. The lowest BCUT2D eigenvalue weighted by molar-refractivity contribution is 0.449. The molecule has 0 aliphatic carbocycles. The van der Waals surface area contributed by atoms with Crippen LogP contribution in [0.4, 0.5) is 5.69 Å². The van der Waals surface area contributed by atoms with Crippen LogP contribution in [0.25, 0.3) is 33.3 Å². The zero-order valence-electron chi connectivity index (χ0n) is 22.7. The molecule has 0 unspecified atom stereocenters. The summed E-state index contributed by atoms with van der Waals surface area (Å²) >= 11 is 1.66. The Morgan fingerprint density at radius 3 is 2.59 bits per heavy atom. The molecule has 0 radical (unpaired) electrons. The first-order valence-electron chi connectivity index (χ1n) is 12.5. The van der Waals surface area contributed by atoms with E-state index < -0.39 is 0 Å². The van der Waals surface area contributed by atoms with Gasteiger partial charge in [0.1, 0.15) is 5.82 Å². The largest absolute Gasteiger partial charge is 0.388 e. The third-order valence-corrected chi connectivity index (χ3v) is 6.56. The molecule has 1 aromatic carbocycles. The normalized spacial score (nSPS) is 11.9. The van der Waals surface area contributed by atoms with E-state index in [4.69, 9.17) is 4.98 Å². The highest BCUT2D eigenvalue weighted by atomic mass is 32.1. The molecular weight excluding hydrogens is 474 g/mol. The number of allylic oxidation sites excluding steroid dienone is 3. The Kier molecular flexibility index (Phi) is 9.78. The van der Waals surface area contributed by atoms with E-state index in [0.29, 0.717) is 0 Å².